The molecule has 302 valence electrons. The smallest absolute Gasteiger partial charge is 0.415 e. The highest BCUT2D eigenvalue weighted by Crippen LogP contribution is 2.43. The van der Waals surface area contributed by atoms with Gasteiger partial charge in [0.25, 0.3) is 5.92 Å². The minimum Gasteiger partial charge on any atom is -0.461 e. The number of hydrogen-bond acceptors (Lipinski definition) is 10. The minimum absolute atomic E-state index is 0.0253. The second-order valence-corrected chi connectivity index (χ2v) is 16.7. The van der Waals surface area contributed by atoms with E-state index < -0.39 is 60.2 Å². The van der Waals surface area contributed by atoms with Crippen LogP contribution in [0.2, 0.25) is 0 Å². The first-order valence-electron chi connectivity index (χ1n) is 19.8. The Bertz CT molecular complexity index is 2260. The van der Waals surface area contributed by atoms with E-state index in [1.165, 1.54) is 19.2 Å². The first-order chi connectivity index (χ1) is 27.3. The topological polar surface area (TPSA) is 122 Å². The first kappa shape index (κ1) is 37.6. The van der Waals surface area contributed by atoms with Crippen LogP contribution in [0, 0.1) is 5.82 Å². The van der Waals surface area contributed by atoms with E-state index in [4.69, 9.17) is 19.2 Å². The second-order valence-electron chi connectivity index (χ2n) is 16.7. The number of alkyl carbamates (subject to hydrolysis) is 1. The molecular formula is C41H45F4N7O5. The van der Waals surface area contributed by atoms with Crippen LogP contribution in [-0.4, -0.2) is 112 Å². The van der Waals surface area contributed by atoms with Gasteiger partial charge in [-0.15, -0.1) is 0 Å². The summed E-state index contributed by atoms with van der Waals surface area (Å²) in [6.45, 7) is 4.95. The summed E-state index contributed by atoms with van der Waals surface area (Å²) in [5.74, 6) is -3.40. The van der Waals surface area contributed by atoms with Crippen molar-refractivity contribution >= 4 is 39.7 Å². The van der Waals surface area contributed by atoms with Gasteiger partial charge in [-0.2, -0.15) is 9.97 Å². The predicted molar refractivity (Wildman–Crippen MR) is 203 cm³/mol. The molecule has 10 rings (SSSR count). The zero-order chi connectivity index (χ0) is 39.7. The number of pyridine rings is 1. The van der Waals surface area contributed by atoms with E-state index >= 15 is 4.39 Å². The third-order valence-electron chi connectivity index (χ3n) is 12.4. The van der Waals surface area contributed by atoms with Crippen molar-refractivity contribution in [2.45, 2.75) is 94.4 Å². The number of anilines is 1. The van der Waals surface area contributed by atoms with Crippen molar-refractivity contribution in [3.05, 3.63) is 47.9 Å². The number of hydrogen-bond donors (Lipinski definition) is 1. The molecule has 0 spiro atoms. The van der Waals surface area contributed by atoms with Crippen molar-refractivity contribution < 1.29 is 41.4 Å². The molecule has 1 unspecified atom stereocenters. The van der Waals surface area contributed by atoms with Gasteiger partial charge < -0.3 is 24.4 Å². The van der Waals surface area contributed by atoms with Gasteiger partial charge in [-0.1, -0.05) is 18.2 Å². The number of benzene rings is 2. The largest absolute Gasteiger partial charge is 0.461 e. The molecule has 6 aliphatic rings. The highest BCUT2D eigenvalue weighted by molar-refractivity contribution is 6.02. The Morgan fingerprint density at radius 1 is 1.09 bits per heavy atom. The maximum absolute atomic E-state index is 17.5. The number of rotatable bonds is 4. The lowest BCUT2D eigenvalue weighted by atomic mass is 9.91. The fourth-order valence-corrected chi connectivity index (χ4v) is 9.74. The first-order valence-corrected chi connectivity index (χ1v) is 19.8. The lowest BCUT2D eigenvalue weighted by molar-refractivity contribution is 0.0131. The molecule has 4 atom stereocenters. The van der Waals surface area contributed by atoms with E-state index in [2.05, 4.69) is 20.2 Å². The number of aromatic nitrogens is 3. The van der Waals surface area contributed by atoms with Crippen LogP contribution in [0.1, 0.15) is 64.4 Å². The van der Waals surface area contributed by atoms with Crippen LogP contribution in [0.5, 0.6) is 11.8 Å². The maximum Gasteiger partial charge on any atom is 0.415 e. The number of piperidine rings is 1. The Kier molecular flexibility index (Phi) is 9.32. The lowest BCUT2D eigenvalue weighted by Gasteiger charge is -2.41. The zero-order valence-corrected chi connectivity index (χ0v) is 32.0. The van der Waals surface area contributed by atoms with Crippen molar-refractivity contribution in [2.75, 3.05) is 50.8 Å². The quantitative estimate of drug-likeness (QED) is 0.213. The number of fused-ring (bicyclic) bond motifs is 7. The molecule has 2 amide bonds. The average molecular weight is 792 g/mol. The summed E-state index contributed by atoms with van der Waals surface area (Å²) in [5.41, 5.74) is -0.243. The normalized spacial score (nSPS) is 27.4. The molecule has 57 heavy (non-hydrogen) atoms. The summed E-state index contributed by atoms with van der Waals surface area (Å²) in [7, 11) is 0. The van der Waals surface area contributed by atoms with Crippen molar-refractivity contribution in [1.82, 2.24) is 30.1 Å². The van der Waals surface area contributed by atoms with Gasteiger partial charge in [0.15, 0.2) is 5.82 Å². The molecule has 1 N–H and O–H groups in total. The van der Waals surface area contributed by atoms with Gasteiger partial charge in [0.1, 0.15) is 35.6 Å². The predicted octanol–water partition coefficient (Wildman–Crippen LogP) is 7.20. The van der Waals surface area contributed by atoms with Gasteiger partial charge in [0.2, 0.25) is 0 Å². The minimum atomic E-state index is -3.04. The summed E-state index contributed by atoms with van der Waals surface area (Å²) >= 11 is 0. The van der Waals surface area contributed by atoms with Gasteiger partial charge in [0.05, 0.1) is 29.6 Å². The van der Waals surface area contributed by atoms with E-state index in [9.17, 15) is 22.8 Å². The number of aryl methyl sites for hydroxylation is 1. The average Bonchev–Trinajstić information content (AvgIpc) is 3.79. The van der Waals surface area contributed by atoms with Crippen LogP contribution < -0.4 is 19.7 Å². The molecule has 6 bridgehead atoms. The van der Waals surface area contributed by atoms with Crippen molar-refractivity contribution in [2.24, 2.45) is 0 Å². The molecule has 2 aromatic heterocycles. The molecule has 0 radical (unpaired) electrons. The van der Waals surface area contributed by atoms with Crippen LogP contribution in [0.4, 0.5) is 33.0 Å². The molecule has 4 fully saturated rings. The van der Waals surface area contributed by atoms with Gasteiger partial charge >= 0.3 is 18.2 Å². The van der Waals surface area contributed by atoms with Crippen molar-refractivity contribution in [1.29, 1.82) is 0 Å². The molecule has 4 saturated heterocycles. The summed E-state index contributed by atoms with van der Waals surface area (Å²) in [6, 6.07) is 7.78. The van der Waals surface area contributed by atoms with Crippen LogP contribution in [-0.2, 0) is 11.2 Å². The van der Waals surface area contributed by atoms with Crippen LogP contribution in [0.3, 0.4) is 0 Å². The number of halogens is 4. The molecule has 2 aromatic carbocycles. The van der Waals surface area contributed by atoms with E-state index in [-0.39, 0.29) is 36.2 Å². The molecule has 4 aromatic rings. The van der Waals surface area contributed by atoms with E-state index in [1.54, 1.807) is 12.1 Å². The third kappa shape index (κ3) is 7.03. The monoisotopic (exact) mass is 791 g/mol. The van der Waals surface area contributed by atoms with E-state index in [0.29, 0.717) is 79.3 Å². The molecule has 12 nitrogen and oxygen atoms in total. The highest BCUT2D eigenvalue weighted by Gasteiger charge is 2.50. The number of ether oxygens (including phenoxy) is 3. The summed E-state index contributed by atoms with van der Waals surface area (Å²) in [6.07, 6.45) is 2.85. The van der Waals surface area contributed by atoms with Gasteiger partial charge in [-0.25, -0.2) is 27.2 Å². The fraction of sp³-hybridized carbons (Fsp3) is 0.537. The van der Waals surface area contributed by atoms with Crippen LogP contribution in [0.25, 0.3) is 32.9 Å². The molecule has 8 heterocycles. The number of amides is 2. The molecule has 16 heteroatoms. The van der Waals surface area contributed by atoms with Crippen molar-refractivity contribution in [3.63, 3.8) is 0 Å². The fourth-order valence-electron chi connectivity index (χ4n) is 9.74. The van der Waals surface area contributed by atoms with Crippen LogP contribution >= 0.6 is 0 Å². The number of carbonyl (C=O) groups is 2. The number of alkyl halides is 3. The van der Waals surface area contributed by atoms with Gasteiger partial charge in [-0.05, 0) is 87.4 Å². The number of carbonyl (C=O) groups excluding carboxylic acids is 2. The molecule has 0 aliphatic carbocycles. The molecule has 6 aliphatic heterocycles. The summed E-state index contributed by atoms with van der Waals surface area (Å²) in [4.78, 5) is 45.7. The Labute approximate surface area is 326 Å². The summed E-state index contributed by atoms with van der Waals surface area (Å²) in [5, 5.41) is 4.59. The van der Waals surface area contributed by atoms with Gasteiger partial charge in [-0.3, -0.25) is 14.8 Å². The summed E-state index contributed by atoms with van der Waals surface area (Å²) < 4.78 is 78.4. The Morgan fingerprint density at radius 3 is 2.75 bits per heavy atom. The third-order valence-corrected chi connectivity index (χ3v) is 12.4. The SMILES string of the molecule is CC1CC(F)(F)CN1C(=O)Oc1cc2c3c(cccc3c1)CCCOC(=O)N[C@]1(C)CCCN(C1)c1nc(OC[C@@]34CCCN3C[C@H](F)C4)nc3c(F)c-2ncc13. The molecule has 0 saturated carbocycles. The lowest BCUT2D eigenvalue weighted by Crippen LogP contribution is -2.57. The van der Waals surface area contributed by atoms with E-state index in [0.717, 1.165) is 29.8 Å². The number of nitrogens with one attached hydrogen (secondary N) is 1. The van der Waals surface area contributed by atoms with E-state index in [1.807, 2.05) is 24.0 Å². The number of nitrogens with zero attached hydrogens (tertiary/aromatic N) is 6. The molecular weight excluding hydrogens is 746 g/mol. The Hall–Kier alpha value is -4.99. The van der Waals surface area contributed by atoms with Crippen molar-refractivity contribution in [3.8, 4) is 23.0 Å². The second kappa shape index (κ2) is 14.1. The Balaban J connectivity index is 1.19. The standard InChI is InChI=1S/C41H45F4N7O5/c1-24-17-41(44,45)22-52(24)38(54)57-28-15-26-8-3-7-25-9-4-14-55-37(53)49-39(2)10-5-12-50(21-39)35-30-19-46-33(29(16-28)31(25)26)32(43)34(30)47-36(48-35)56-23-40-11-6-13-51(40)20-27(42)18-40/h3,7-8,15-16,19,24,27H,4-6,9-14,17-18,20-23H2,1-2H3,(H,49,53)/t24?,27-,39-,40+/m1/s1. The maximum atomic E-state index is 17.5. The Morgan fingerprint density at radius 2 is 1.93 bits per heavy atom. The van der Waals surface area contributed by atoms with Gasteiger partial charge in [0, 0.05) is 50.3 Å². The van der Waals surface area contributed by atoms with Crippen LogP contribution in [0.15, 0.2) is 36.5 Å². The highest BCUT2D eigenvalue weighted by atomic mass is 19.3. The zero-order valence-electron chi connectivity index (χ0n) is 32.0. The number of likely N-dealkylation sites (tertiary alicyclic amines) is 1.